The lowest BCUT2D eigenvalue weighted by atomic mass is 9.99. The Morgan fingerprint density at radius 2 is 2.08 bits per heavy atom. The van der Waals surface area contributed by atoms with Crippen LogP contribution in [0.25, 0.3) is 11.0 Å². The molecule has 134 valence electrons. The molecule has 0 amide bonds. The molecule has 3 aromatic heterocycles. The molecule has 5 heterocycles. The summed E-state index contributed by atoms with van der Waals surface area (Å²) in [6.07, 6.45) is 2.66. The van der Waals surface area contributed by atoms with E-state index >= 15 is 0 Å². The minimum Gasteiger partial charge on any atom is -0.387 e. The second-order valence-electron chi connectivity index (χ2n) is 6.70. The Balaban J connectivity index is 1.50. The quantitative estimate of drug-likeness (QED) is 0.708. The van der Waals surface area contributed by atoms with Gasteiger partial charge in [0.1, 0.15) is 36.4 Å². The number of aromatic nitrogens is 4. The zero-order chi connectivity index (χ0) is 17.8. The van der Waals surface area contributed by atoms with Gasteiger partial charge in [-0.15, -0.1) is 0 Å². The maximum Gasteiger partial charge on any atom is 0.164 e. The lowest BCUT2D eigenvalue weighted by Crippen LogP contribution is -2.34. The van der Waals surface area contributed by atoms with Crippen molar-refractivity contribution in [1.82, 2.24) is 19.5 Å². The Kier molecular flexibility index (Phi) is 3.54. The van der Waals surface area contributed by atoms with Crippen LogP contribution in [0, 0.1) is 6.92 Å². The highest BCUT2D eigenvalue weighted by Crippen LogP contribution is 2.42. The molecule has 0 aliphatic carbocycles. The average molecular weight is 354 g/mol. The summed E-state index contributed by atoms with van der Waals surface area (Å²) in [6.45, 7) is 2.31. The predicted octanol–water partition coefficient (Wildman–Crippen LogP) is 1.03. The summed E-state index contributed by atoms with van der Waals surface area (Å²) in [5.41, 5.74) is 3.42. The summed E-state index contributed by atoms with van der Waals surface area (Å²) in [5, 5.41) is 22.1. The Bertz CT molecular complexity index is 975. The lowest BCUT2D eigenvalue weighted by molar-refractivity contribution is -0.104. The number of fused-ring (bicyclic) bond motifs is 2. The Hall–Kier alpha value is -2.39. The smallest absolute Gasteiger partial charge is 0.164 e. The minimum absolute atomic E-state index is 0.417. The van der Waals surface area contributed by atoms with Gasteiger partial charge in [-0.3, -0.25) is 4.98 Å². The zero-order valence-corrected chi connectivity index (χ0v) is 14.1. The summed E-state index contributed by atoms with van der Waals surface area (Å²) in [6, 6.07) is 3.75. The van der Waals surface area contributed by atoms with Crippen LogP contribution in [-0.4, -0.2) is 48.0 Å². The predicted molar refractivity (Wildman–Crippen MR) is 90.0 cm³/mol. The first kappa shape index (κ1) is 15.8. The summed E-state index contributed by atoms with van der Waals surface area (Å²) in [5.74, 6) is 0. The highest BCUT2D eigenvalue weighted by atomic mass is 16.6. The van der Waals surface area contributed by atoms with E-state index < -0.39 is 30.6 Å². The van der Waals surface area contributed by atoms with Crippen LogP contribution in [-0.2, 0) is 16.1 Å². The van der Waals surface area contributed by atoms with E-state index in [0.29, 0.717) is 12.3 Å². The van der Waals surface area contributed by atoms with Crippen molar-refractivity contribution in [3.8, 4) is 0 Å². The van der Waals surface area contributed by atoms with Crippen LogP contribution in [0.2, 0.25) is 0 Å². The summed E-state index contributed by atoms with van der Waals surface area (Å²) in [4.78, 5) is 12.6. The van der Waals surface area contributed by atoms with Crippen molar-refractivity contribution in [2.75, 3.05) is 0 Å². The van der Waals surface area contributed by atoms with Gasteiger partial charge >= 0.3 is 0 Å². The largest absolute Gasteiger partial charge is 0.387 e. The summed E-state index contributed by atoms with van der Waals surface area (Å²) < 4.78 is 13.6. The van der Waals surface area contributed by atoms with Gasteiger partial charge in [-0.1, -0.05) is 0 Å². The highest BCUT2D eigenvalue weighted by Gasteiger charge is 2.49. The molecule has 0 saturated carbocycles. The number of hydrogen-bond donors (Lipinski definition) is 2. The molecule has 2 N–H and O–H groups in total. The molecule has 8 nitrogen and oxygen atoms in total. The molecular weight excluding hydrogens is 336 g/mol. The fraction of sp³-hybridized carbons (Fsp3) is 0.389. The van der Waals surface area contributed by atoms with Crippen LogP contribution in [0.3, 0.4) is 0 Å². The molecule has 1 fully saturated rings. The van der Waals surface area contributed by atoms with Crippen molar-refractivity contribution >= 4 is 11.0 Å². The van der Waals surface area contributed by atoms with E-state index in [-0.39, 0.29) is 0 Å². The molecule has 1 saturated heterocycles. The van der Waals surface area contributed by atoms with Crippen molar-refractivity contribution in [3.63, 3.8) is 0 Å². The van der Waals surface area contributed by atoms with Crippen LogP contribution in [0.1, 0.15) is 29.2 Å². The molecule has 0 unspecified atom stereocenters. The van der Waals surface area contributed by atoms with Gasteiger partial charge in [-0.25, -0.2) is 9.97 Å². The molecule has 2 aliphatic heterocycles. The molecule has 5 rings (SSSR count). The molecule has 2 aliphatic rings. The van der Waals surface area contributed by atoms with Gasteiger partial charge in [0, 0.05) is 29.5 Å². The SMILES string of the molecule is Cc1ncnc2c1ccn2[C@@H]1O[C@H]([C@@H]2OCc3cnccc32)[C@@H](O)[C@H]1O. The van der Waals surface area contributed by atoms with Crippen LogP contribution in [0.15, 0.2) is 37.1 Å². The van der Waals surface area contributed by atoms with E-state index in [4.69, 9.17) is 9.47 Å². The Morgan fingerprint density at radius 1 is 1.19 bits per heavy atom. The van der Waals surface area contributed by atoms with Crippen molar-refractivity contribution < 1.29 is 19.7 Å². The number of ether oxygens (including phenoxy) is 2. The monoisotopic (exact) mass is 354 g/mol. The number of aliphatic hydroxyl groups excluding tert-OH is 2. The van der Waals surface area contributed by atoms with E-state index in [1.54, 1.807) is 23.2 Å². The maximum atomic E-state index is 10.6. The second kappa shape index (κ2) is 5.82. The van der Waals surface area contributed by atoms with E-state index in [9.17, 15) is 10.2 Å². The molecule has 0 spiro atoms. The van der Waals surface area contributed by atoms with E-state index in [2.05, 4.69) is 15.0 Å². The van der Waals surface area contributed by atoms with Crippen molar-refractivity contribution in [2.24, 2.45) is 0 Å². The van der Waals surface area contributed by atoms with Gasteiger partial charge in [0.25, 0.3) is 0 Å². The van der Waals surface area contributed by atoms with Crippen LogP contribution >= 0.6 is 0 Å². The molecular formula is C18H18N4O4. The topological polar surface area (TPSA) is 103 Å². The fourth-order valence-corrected chi connectivity index (χ4v) is 3.85. The van der Waals surface area contributed by atoms with Gasteiger partial charge in [0.05, 0.1) is 12.3 Å². The highest BCUT2D eigenvalue weighted by molar-refractivity contribution is 5.78. The summed E-state index contributed by atoms with van der Waals surface area (Å²) in [7, 11) is 0. The van der Waals surface area contributed by atoms with Crippen LogP contribution in [0.4, 0.5) is 0 Å². The third-order valence-electron chi connectivity index (χ3n) is 5.22. The molecule has 3 aromatic rings. The van der Waals surface area contributed by atoms with Gasteiger partial charge in [0.15, 0.2) is 6.23 Å². The molecule has 26 heavy (non-hydrogen) atoms. The van der Waals surface area contributed by atoms with Crippen molar-refractivity contribution in [3.05, 3.63) is 53.9 Å². The third-order valence-corrected chi connectivity index (χ3v) is 5.22. The first-order valence-corrected chi connectivity index (χ1v) is 8.49. The maximum absolute atomic E-state index is 10.6. The zero-order valence-electron chi connectivity index (χ0n) is 14.1. The Morgan fingerprint density at radius 3 is 2.96 bits per heavy atom. The second-order valence-corrected chi connectivity index (χ2v) is 6.70. The standard InChI is InChI=1S/C18H18N4O4/c1-9-11-3-5-22(17(11)21-8-20-9)18-14(24)13(23)16(26-18)15-12-2-4-19-6-10(12)7-25-15/h2-6,8,13-16,18,23-24H,7H2,1H3/t13-,14+,15+,16-,18+/m0/s1. The van der Waals surface area contributed by atoms with Gasteiger partial charge in [0.2, 0.25) is 0 Å². The number of pyridine rings is 1. The van der Waals surface area contributed by atoms with Crippen LogP contribution in [0.5, 0.6) is 0 Å². The van der Waals surface area contributed by atoms with Crippen LogP contribution < -0.4 is 0 Å². The normalized spacial score (nSPS) is 30.8. The number of rotatable bonds is 2. The molecule has 0 aromatic carbocycles. The number of nitrogens with zero attached hydrogens (tertiary/aromatic N) is 4. The number of aliphatic hydroxyl groups is 2. The number of aryl methyl sites for hydroxylation is 1. The fourth-order valence-electron chi connectivity index (χ4n) is 3.85. The molecule has 5 atom stereocenters. The first-order valence-electron chi connectivity index (χ1n) is 8.49. The lowest BCUT2D eigenvalue weighted by Gasteiger charge is -2.21. The van der Waals surface area contributed by atoms with Crippen molar-refractivity contribution in [2.45, 2.75) is 44.2 Å². The molecule has 0 bridgehead atoms. The Labute approximate surface area is 149 Å². The number of hydrogen-bond acceptors (Lipinski definition) is 7. The molecule has 0 radical (unpaired) electrons. The van der Waals surface area contributed by atoms with Gasteiger partial charge in [-0.05, 0) is 24.6 Å². The van der Waals surface area contributed by atoms with Crippen molar-refractivity contribution in [1.29, 1.82) is 0 Å². The van der Waals surface area contributed by atoms with Gasteiger partial charge in [-0.2, -0.15) is 0 Å². The minimum atomic E-state index is -1.10. The first-order chi connectivity index (χ1) is 12.6. The van der Waals surface area contributed by atoms with Gasteiger partial charge < -0.3 is 24.3 Å². The van der Waals surface area contributed by atoms with E-state index in [1.807, 2.05) is 19.1 Å². The van der Waals surface area contributed by atoms with E-state index in [1.165, 1.54) is 6.33 Å². The average Bonchev–Trinajstić information content (AvgIpc) is 3.33. The summed E-state index contributed by atoms with van der Waals surface area (Å²) >= 11 is 0. The third kappa shape index (κ3) is 2.20. The van der Waals surface area contributed by atoms with E-state index in [0.717, 1.165) is 22.2 Å². The molecule has 8 heteroatoms.